The smallest absolute Gasteiger partial charge is 0.0951 e. The van der Waals surface area contributed by atoms with Crippen molar-refractivity contribution in [1.82, 2.24) is 10.3 Å². The minimum Gasteiger partial charge on any atom is -0.384 e. The van der Waals surface area contributed by atoms with Gasteiger partial charge >= 0.3 is 0 Å². The normalized spacial score (nSPS) is 12.5. The lowest BCUT2D eigenvalue weighted by atomic mass is 10.0. The van der Waals surface area contributed by atoms with E-state index in [1.807, 2.05) is 0 Å². The fraction of sp³-hybridized carbons (Fsp3) is 0.438. The van der Waals surface area contributed by atoms with Gasteiger partial charge in [0, 0.05) is 31.4 Å². The van der Waals surface area contributed by atoms with Crippen molar-refractivity contribution in [3.8, 4) is 0 Å². The standard InChI is InChI=1S/C16H22N2OS/c1-3-17-15(13-7-5-4-6-8-13)11-14-12-20-16(18-14)9-10-19-2/h4-8,12,15,17H,3,9-11H2,1-2H3. The number of rotatable bonds is 8. The lowest BCUT2D eigenvalue weighted by Gasteiger charge is -2.17. The van der Waals surface area contributed by atoms with E-state index in [1.165, 1.54) is 5.56 Å². The first kappa shape index (κ1) is 15.2. The van der Waals surface area contributed by atoms with Gasteiger partial charge in [0.25, 0.3) is 0 Å². The Hall–Kier alpha value is -1.23. The molecular formula is C16H22N2OS. The molecule has 2 rings (SSSR count). The predicted octanol–water partition coefficient (Wildman–Crippen LogP) is 3.23. The maximum Gasteiger partial charge on any atom is 0.0951 e. The minimum absolute atomic E-state index is 0.332. The van der Waals surface area contributed by atoms with Gasteiger partial charge in [-0.15, -0.1) is 11.3 Å². The fourth-order valence-corrected chi connectivity index (χ4v) is 2.99. The molecule has 1 aromatic carbocycles. The quantitative estimate of drug-likeness (QED) is 0.810. The molecule has 0 radical (unpaired) electrons. The van der Waals surface area contributed by atoms with Gasteiger partial charge in [-0.25, -0.2) is 4.98 Å². The maximum absolute atomic E-state index is 5.10. The highest BCUT2D eigenvalue weighted by molar-refractivity contribution is 7.09. The van der Waals surface area contributed by atoms with E-state index in [1.54, 1.807) is 18.4 Å². The third-order valence-electron chi connectivity index (χ3n) is 3.19. The summed E-state index contributed by atoms with van der Waals surface area (Å²) in [4.78, 5) is 4.69. The molecule has 0 spiro atoms. The van der Waals surface area contributed by atoms with Gasteiger partial charge in [0.1, 0.15) is 0 Å². The number of nitrogens with zero attached hydrogens (tertiary/aromatic N) is 1. The second kappa shape index (κ2) is 8.15. The van der Waals surface area contributed by atoms with Crippen molar-refractivity contribution in [3.05, 3.63) is 52.0 Å². The molecule has 108 valence electrons. The molecule has 1 N–H and O–H groups in total. The van der Waals surface area contributed by atoms with Crippen molar-refractivity contribution in [2.24, 2.45) is 0 Å². The van der Waals surface area contributed by atoms with Crippen LogP contribution in [0.15, 0.2) is 35.7 Å². The number of aromatic nitrogens is 1. The summed E-state index contributed by atoms with van der Waals surface area (Å²) in [5.41, 5.74) is 2.48. The summed E-state index contributed by atoms with van der Waals surface area (Å²) in [7, 11) is 1.73. The molecule has 0 fully saturated rings. The molecule has 1 aromatic heterocycles. The Bertz CT molecular complexity index is 498. The summed E-state index contributed by atoms with van der Waals surface area (Å²) in [6.45, 7) is 3.84. The molecule has 0 saturated carbocycles. The molecule has 0 aliphatic heterocycles. The van der Waals surface area contributed by atoms with Crippen molar-refractivity contribution in [1.29, 1.82) is 0 Å². The zero-order chi connectivity index (χ0) is 14.2. The van der Waals surface area contributed by atoms with Crippen molar-refractivity contribution < 1.29 is 4.74 Å². The largest absolute Gasteiger partial charge is 0.384 e. The molecule has 1 heterocycles. The van der Waals surface area contributed by atoms with Crippen LogP contribution < -0.4 is 5.32 Å². The Morgan fingerprint density at radius 1 is 1.30 bits per heavy atom. The first-order chi connectivity index (χ1) is 9.83. The monoisotopic (exact) mass is 290 g/mol. The Labute approximate surface area is 125 Å². The molecule has 1 atom stereocenters. The lowest BCUT2D eigenvalue weighted by Crippen LogP contribution is -2.23. The fourth-order valence-electron chi connectivity index (χ4n) is 2.20. The molecule has 2 aromatic rings. The van der Waals surface area contributed by atoms with Gasteiger partial charge in [0.2, 0.25) is 0 Å². The third kappa shape index (κ3) is 4.40. The Kier molecular flexibility index (Phi) is 6.18. The second-order valence-corrected chi connectivity index (χ2v) is 5.64. The first-order valence-corrected chi connectivity index (χ1v) is 7.92. The number of hydrogen-bond acceptors (Lipinski definition) is 4. The Morgan fingerprint density at radius 3 is 2.80 bits per heavy atom. The maximum atomic E-state index is 5.10. The van der Waals surface area contributed by atoms with E-state index in [4.69, 9.17) is 9.72 Å². The number of methoxy groups -OCH3 is 1. The lowest BCUT2D eigenvalue weighted by molar-refractivity contribution is 0.202. The van der Waals surface area contributed by atoms with Crippen molar-refractivity contribution >= 4 is 11.3 Å². The van der Waals surface area contributed by atoms with E-state index in [0.29, 0.717) is 6.04 Å². The zero-order valence-electron chi connectivity index (χ0n) is 12.1. The van der Waals surface area contributed by atoms with Gasteiger partial charge in [0.15, 0.2) is 0 Å². The molecule has 0 aliphatic rings. The van der Waals surface area contributed by atoms with Gasteiger partial charge < -0.3 is 10.1 Å². The molecule has 0 saturated heterocycles. The molecule has 0 amide bonds. The van der Waals surface area contributed by atoms with Crippen molar-refractivity contribution in [2.45, 2.75) is 25.8 Å². The van der Waals surface area contributed by atoms with Gasteiger partial charge in [0.05, 0.1) is 17.3 Å². The van der Waals surface area contributed by atoms with Gasteiger partial charge in [-0.1, -0.05) is 37.3 Å². The van der Waals surface area contributed by atoms with Crippen molar-refractivity contribution in [3.63, 3.8) is 0 Å². The number of hydrogen-bond donors (Lipinski definition) is 1. The summed E-state index contributed by atoms with van der Waals surface area (Å²) in [6, 6.07) is 10.9. The van der Waals surface area contributed by atoms with Gasteiger partial charge in [-0.2, -0.15) is 0 Å². The average Bonchev–Trinajstić information content (AvgIpc) is 2.93. The van der Waals surface area contributed by atoms with Crippen LogP contribution in [-0.4, -0.2) is 25.2 Å². The highest BCUT2D eigenvalue weighted by atomic mass is 32.1. The highest BCUT2D eigenvalue weighted by Crippen LogP contribution is 2.20. The van der Waals surface area contributed by atoms with Crippen LogP contribution >= 0.6 is 11.3 Å². The molecule has 4 heteroatoms. The summed E-state index contributed by atoms with van der Waals surface area (Å²) in [5, 5.41) is 6.86. The second-order valence-electron chi connectivity index (χ2n) is 4.70. The summed E-state index contributed by atoms with van der Waals surface area (Å²) < 4.78 is 5.10. The molecular weight excluding hydrogens is 268 g/mol. The van der Waals surface area contributed by atoms with E-state index < -0.39 is 0 Å². The predicted molar refractivity (Wildman–Crippen MR) is 84.3 cm³/mol. The van der Waals surface area contributed by atoms with Crippen LogP contribution in [0.2, 0.25) is 0 Å². The molecule has 0 bridgehead atoms. The third-order valence-corrected chi connectivity index (χ3v) is 4.14. The summed E-state index contributed by atoms with van der Waals surface area (Å²) >= 11 is 1.73. The van der Waals surface area contributed by atoms with E-state index in [9.17, 15) is 0 Å². The van der Waals surface area contributed by atoms with Crippen LogP contribution in [0.3, 0.4) is 0 Å². The number of thiazole rings is 1. The van der Waals surface area contributed by atoms with Crippen LogP contribution in [0.4, 0.5) is 0 Å². The van der Waals surface area contributed by atoms with Crippen LogP contribution in [0.25, 0.3) is 0 Å². The first-order valence-electron chi connectivity index (χ1n) is 7.04. The number of nitrogens with one attached hydrogen (secondary N) is 1. The highest BCUT2D eigenvalue weighted by Gasteiger charge is 2.13. The van der Waals surface area contributed by atoms with E-state index in [2.05, 4.69) is 48.0 Å². The SMILES string of the molecule is CCNC(Cc1csc(CCOC)n1)c1ccccc1. The van der Waals surface area contributed by atoms with Crippen LogP contribution in [0.1, 0.15) is 29.2 Å². The van der Waals surface area contributed by atoms with Gasteiger partial charge in [-0.3, -0.25) is 0 Å². The number of likely N-dealkylation sites (N-methyl/N-ethyl adjacent to an activating group) is 1. The van der Waals surface area contributed by atoms with Crippen LogP contribution in [0.5, 0.6) is 0 Å². The molecule has 20 heavy (non-hydrogen) atoms. The van der Waals surface area contributed by atoms with E-state index in [0.717, 1.165) is 36.7 Å². The minimum atomic E-state index is 0.332. The topological polar surface area (TPSA) is 34.1 Å². The molecule has 3 nitrogen and oxygen atoms in total. The summed E-state index contributed by atoms with van der Waals surface area (Å²) in [5.74, 6) is 0. The van der Waals surface area contributed by atoms with E-state index in [-0.39, 0.29) is 0 Å². The average molecular weight is 290 g/mol. The van der Waals surface area contributed by atoms with Crippen LogP contribution in [-0.2, 0) is 17.6 Å². The summed E-state index contributed by atoms with van der Waals surface area (Å²) in [6.07, 6.45) is 1.83. The van der Waals surface area contributed by atoms with Gasteiger partial charge in [-0.05, 0) is 12.1 Å². The number of ether oxygens (including phenoxy) is 1. The molecule has 1 unspecified atom stereocenters. The number of benzene rings is 1. The Balaban J connectivity index is 2.02. The zero-order valence-corrected chi connectivity index (χ0v) is 13.0. The molecule has 0 aliphatic carbocycles. The van der Waals surface area contributed by atoms with Crippen molar-refractivity contribution in [2.75, 3.05) is 20.3 Å². The van der Waals surface area contributed by atoms with E-state index >= 15 is 0 Å². The Morgan fingerprint density at radius 2 is 2.10 bits per heavy atom. The van der Waals surface area contributed by atoms with Crippen LogP contribution in [0, 0.1) is 0 Å².